The van der Waals surface area contributed by atoms with E-state index < -0.39 is 21.9 Å². The molecule has 0 atom stereocenters. The topological polar surface area (TPSA) is 126 Å². The Hall–Kier alpha value is -1.87. The highest BCUT2D eigenvalue weighted by atomic mass is 32.2. The second-order valence-electron chi connectivity index (χ2n) is 4.64. The van der Waals surface area contributed by atoms with Gasteiger partial charge in [0, 0.05) is 13.0 Å². The van der Waals surface area contributed by atoms with Crippen LogP contribution < -0.4 is 10.0 Å². The summed E-state index contributed by atoms with van der Waals surface area (Å²) in [4.78, 5) is 22.1. The van der Waals surface area contributed by atoms with E-state index >= 15 is 0 Å². The molecule has 0 fully saturated rings. The molecule has 0 aliphatic carbocycles. The average Bonchev–Trinajstić information content (AvgIpc) is 2.96. The highest BCUT2D eigenvalue weighted by molar-refractivity contribution is 7.89. The Morgan fingerprint density at radius 3 is 2.50 bits per heavy atom. The Kier molecular flexibility index (Phi) is 7.06. The smallest absolute Gasteiger partial charge is 0.303 e. The standard InChI is InChI=1S/C13H20N2O6S/c1-14-22(19,20)12-8-7-10(21-12)13(18)15-9-5-3-2-4-6-11(16)17/h7-8,14H,2-6,9H2,1H3,(H,15,18)(H,16,17). The normalized spacial score (nSPS) is 11.3. The van der Waals surface area contributed by atoms with Gasteiger partial charge in [0.1, 0.15) is 0 Å². The van der Waals surface area contributed by atoms with Crippen LogP contribution in [0.2, 0.25) is 0 Å². The predicted octanol–water partition coefficient (Wildman–Crippen LogP) is 0.953. The number of sulfonamides is 1. The molecule has 0 bridgehead atoms. The van der Waals surface area contributed by atoms with Crippen LogP contribution in [0.4, 0.5) is 0 Å². The first-order valence-corrected chi connectivity index (χ1v) is 8.38. The van der Waals surface area contributed by atoms with Crippen molar-refractivity contribution in [1.29, 1.82) is 0 Å². The van der Waals surface area contributed by atoms with E-state index in [-0.39, 0.29) is 17.3 Å². The number of carboxylic acid groups (broad SMARTS) is 1. The molecule has 0 unspecified atom stereocenters. The van der Waals surface area contributed by atoms with E-state index in [0.717, 1.165) is 12.8 Å². The van der Waals surface area contributed by atoms with Crippen LogP contribution in [-0.2, 0) is 14.8 Å². The van der Waals surface area contributed by atoms with Gasteiger partial charge in [0.15, 0.2) is 5.76 Å². The summed E-state index contributed by atoms with van der Waals surface area (Å²) in [6.45, 7) is 0.417. The van der Waals surface area contributed by atoms with Gasteiger partial charge in [-0.3, -0.25) is 9.59 Å². The number of unbranched alkanes of at least 4 members (excludes halogenated alkanes) is 3. The van der Waals surface area contributed by atoms with E-state index in [9.17, 15) is 18.0 Å². The molecule has 8 nitrogen and oxygen atoms in total. The maximum atomic E-state index is 11.8. The molecular weight excluding hydrogens is 312 g/mol. The first-order chi connectivity index (χ1) is 10.4. The van der Waals surface area contributed by atoms with Gasteiger partial charge in [0.25, 0.3) is 15.9 Å². The van der Waals surface area contributed by atoms with Crippen molar-refractivity contribution in [3.05, 3.63) is 17.9 Å². The molecule has 0 radical (unpaired) electrons. The van der Waals surface area contributed by atoms with E-state index in [0.29, 0.717) is 19.4 Å². The zero-order valence-electron chi connectivity index (χ0n) is 12.3. The molecule has 124 valence electrons. The number of carbonyl (C=O) groups excluding carboxylic acids is 1. The minimum Gasteiger partial charge on any atom is -0.481 e. The number of nitrogens with one attached hydrogen (secondary N) is 2. The monoisotopic (exact) mass is 332 g/mol. The predicted molar refractivity (Wildman–Crippen MR) is 78.0 cm³/mol. The first-order valence-electron chi connectivity index (χ1n) is 6.90. The number of carbonyl (C=O) groups is 2. The van der Waals surface area contributed by atoms with E-state index in [2.05, 4.69) is 10.0 Å². The highest BCUT2D eigenvalue weighted by Gasteiger charge is 2.19. The number of aliphatic carboxylic acids is 1. The molecule has 3 N–H and O–H groups in total. The molecule has 0 aliphatic rings. The average molecular weight is 332 g/mol. The summed E-state index contributed by atoms with van der Waals surface area (Å²) >= 11 is 0. The summed E-state index contributed by atoms with van der Waals surface area (Å²) in [5, 5.41) is 10.8. The van der Waals surface area contributed by atoms with Crippen LogP contribution >= 0.6 is 0 Å². The second kappa shape index (κ2) is 8.54. The number of hydrogen-bond acceptors (Lipinski definition) is 5. The minimum atomic E-state index is -3.70. The number of amides is 1. The van der Waals surface area contributed by atoms with Crippen molar-refractivity contribution in [1.82, 2.24) is 10.0 Å². The zero-order valence-corrected chi connectivity index (χ0v) is 13.1. The number of rotatable bonds is 10. The van der Waals surface area contributed by atoms with Gasteiger partial charge in [0.2, 0.25) is 5.09 Å². The summed E-state index contributed by atoms with van der Waals surface area (Å²) in [7, 11) is -2.45. The van der Waals surface area contributed by atoms with Gasteiger partial charge in [-0.15, -0.1) is 0 Å². The molecule has 0 aliphatic heterocycles. The Balaban J connectivity index is 2.30. The van der Waals surface area contributed by atoms with Crippen LogP contribution in [0, 0.1) is 0 Å². The molecule has 0 saturated heterocycles. The first kappa shape index (κ1) is 18.2. The Labute approximate surface area is 128 Å². The third-order valence-electron chi connectivity index (χ3n) is 2.94. The minimum absolute atomic E-state index is 0.0697. The van der Waals surface area contributed by atoms with Crippen molar-refractivity contribution < 1.29 is 27.5 Å². The van der Waals surface area contributed by atoms with Gasteiger partial charge >= 0.3 is 5.97 Å². The molecule has 0 aromatic carbocycles. The van der Waals surface area contributed by atoms with Crippen molar-refractivity contribution >= 4 is 21.9 Å². The largest absolute Gasteiger partial charge is 0.481 e. The number of carboxylic acids is 1. The fraction of sp³-hybridized carbons (Fsp3) is 0.538. The fourth-order valence-corrected chi connectivity index (χ4v) is 2.38. The van der Waals surface area contributed by atoms with E-state index in [1.807, 2.05) is 0 Å². The molecule has 1 aromatic heterocycles. The van der Waals surface area contributed by atoms with Gasteiger partial charge in [0.05, 0.1) is 0 Å². The fourth-order valence-electron chi connectivity index (χ4n) is 1.73. The van der Waals surface area contributed by atoms with Gasteiger partial charge in [-0.05, 0) is 32.0 Å². The molecule has 22 heavy (non-hydrogen) atoms. The van der Waals surface area contributed by atoms with E-state index in [1.54, 1.807) is 0 Å². The van der Waals surface area contributed by atoms with Crippen LogP contribution in [-0.4, -0.2) is 39.0 Å². The summed E-state index contributed by atoms with van der Waals surface area (Å²) < 4.78 is 30.0. The van der Waals surface area contributed by atoms with E-state index in [1.165, 1.54) is 19.2 Å². The maximum Gasteiger partial charge on any atom is 0.303 e. The molecule has 1 heterocycles. The Morgan fingerprint density at radius 1 is 1.18 bits per heavy atom. The van der Waals surface area contributed by atoms with Gasteiger partial charge in [-0.1, -0.05) is 12.8 Å². The van der Waals surface area contributed by atoms with Crippen molar-refractivity contribution in [2.75, 3.05) is 13.6 Å². The van der Waals surface area contributed by atoms with Gasteiger partial charge in [-0.25, -0.2) is 13.1 Å². The lowest BCUT2D eigenvalue weighted by atomic mass is 10.1. The van der Waals surface area contributed by atoms with Crippen LogP contribution in [0.5, 0.6) is 0 Å². The Morgan fingerprint density at radius 2 is 1.86 bits per heavy atom. The summed E-state index contributed by atoms with van der Waals surface area (Å²) in [6.07, 6.45) is 3.08. The van der Waals surface area contributed by atoms with Crippen molar-refractivity contribution in [2.24, 2.45) is 0 Å². The lowest BCUT2D eigenvalue weighted by Gasteiger charge is -2.03. The van der Waals surface area contributed by atoms with Crippen LogP contribution in [0.1, 0.15) is 42.7 Å². The van der Waals surface area contributed by atoms with Crippen LogP contribution in [0.25, 0.3) is 0 Å². The molecule has 1 amide bonds. The molecule has 1 rings (SSSR count). The third-order valence-corrected chi connectivity index (χ3v) is 4.23. The van der Waals surface area contributed by atoms with Crippen molar-refractivity contribution in [3.63, 3.8) is 0 Å². The zero-order chi connectivity index (χ0) is 16.6. The summed E-state index contributed by atoms with van der Waals surface area (Å²) in [6, 6.07) is 2.51. The molecular formula is C13H20N2O6S. The summed E-state index contributed by atoms with van der Waals surface area (Å²) in [5.74, 6) is -1.36. The molecule has 9 heteroatoms. The van der Waals surface area contributed by atoms with Crippen molar-refractivity contribution in [3.8, 4) is 0 Å². The van der Waals surface area contributed by atoms with Gasteiger partial charge in [-0.2, -0.15) is 0 Å². The molecule has 0 saturated carbocycles. The number of furan rings is 1. The molecule has 0 spiro atoms. The van der Waals surface area contributed by atoms with Crippen LogP contribution in [0.15, 0.2) is 21.6 Å². The SMILES string of the molecule is CNS(=O)(=O)c1ccc(C(=O)NCCCCCCC(=O)O)o1. The third kappa shape index (κ3) is 5.86. The lowest BCUT2D eigenvalue weighted by Crippen LogP contribution is -2.24. The lowest BCUT2D eigenvalue weighted by molar-refractivity contribution is -0.137. The van der Waals surface area contributed by atoms with Gasteiger partial charge < -0.3 is 14.8 Å². The maximum absolute atomic E-state index is 11.8. The van der Waals surface area contributed by atoms with Crippen LogP contribution in [0.3, 0.4) is 0 Å². The van der Waals surface area contributed by atoms with E-state index in [4.69, 9.17) is 9.52 Å². The second-order valence-corrected chi connectivity index (χ2v) is 6.46. The quantitative estimate of drug-likeness (QED) is 0.548. The van der Waals surface area contributed by atoms with Crippen molar-refractivity contribution in [2.45, 2.75) is 37.2 Å². The molecule has 1 aromatic rings. The summed E-state index contributed by atoms with van der Waals surface area (Å²) in [5.41, 5.74) is 0. The highest BCUT2D eigenvalue weighted by Crippen LogP contribution is 2.13. The Bertz CT molecular complexity index is 608. The number of hydrogen-bond donors (Lipinski definition) is 3.